The van der Waals surface area contributed by atoms with Gasteiger partial charge in [-0.15, -0.1) is 0 Å². The number of ether oxygens (including phenoxy) is 1. The summed E-state index contributed by atoms with van der Waals surface area (Å²) in [6.07, 6.45) is -0.928. The van der Waals surface area contributed by atoms with Gasteiger partial charge in [0, 0.05) is 35.9 Å². The molecule has 2 fully saturated rings. The Morgan fingerprint density at radius 2 is 2.15 bits per heavy atom. The Kier molecular flexibility index (Phi) is 5.65. The second kappa shape index (κ2) is 8.49. The Balaban J connectivity index is 1.58. The lowest BCUT2D eigenvalue weighted by Gasteiger charge is -2.24. The average molecular weight is 525 g/mol. The number of aromatic amines is 1. The number of hydrogen-bond acceptors (Lipinski definition) is 6. The second-order valence-electron chi connectivity index (χ2n) is 7.93. The molecule has 1 atom stereocenters. The summed E-state index contributed by atoms with van der Waals surface area (Å²) >= 11 is 3.49. The van der Waals surface area contributed by atoms with E-state index < -0.39 is 17.8 Å². The Morgan fingerprint density at radius 3 is 2.85 bits per heavy atom. The highest BCUT2D eigenvalue weighted by atomic mass is 79.9. The number of carbonyl (C=O) groups excluding carboxylic acids is 1. The summed E-state index contributed by atoms with van der Waals surface area (Å²) in [5, 5.41) is 6.93. The molecule has 2 aromatic heterocycles. The summed E-state index contributed by atoms with van der Waals surface area (Å²) in [4.78, 5) is 24.7. The van der Waals surface area contributed by atoms with E-state index in [1.807, 2.05) is 0 Å². The molecule has 2 saturated heterocycles. The number of carbonyl (C=O) groups is 1. The number of hydrogen-bond donors (Lipinski definition) is 3. The third kappa shape index (κ3) is 4.12. The number of nitrogens with zero attached hydrogens (tertiary/aromatic N) is 3. The third-order valence-corrected chi connectivity index (χ3v) is 6.61. The fourth-order valence-corrected chi connectivity index (χ4v) is 4.87. The normalized spacial score (nSPS) is 19.2. The lowest BCUT2D eigenvalue weighted by Crippen LogP contribution is -2.38. The smallest absolute Gasteiger partial charge is 0.419 e. The minimum absolute atomic E-state index is 0.0447. The molecule has 2 aliphatic rings. The Hall–Kier alpha value is -2.86. The molecule has 174 valence electrons. The number of alkyl halides is 3. The molecule has 3 aromatic rings. The second-order valence-corrected chi connectivity index (χ2v) is 8.72. The molecular formula is C21H20BrF3N6O2. The summed E-state index contributed by atoms with van der Waals surface area (Å²) in [6, 6.07) is 3.40. The van der Waals surface area contributed by atoms with E-state index in [2.05, 4.69) is 41.5 Å². The number of H-pyrrole nitrogens is 1. The van der Waals surface area contributed by atoms with Crippen LogP contribution in [0.15, 0.2) is 29.0 Å². The minimum Gasteiger partial charge on any atom is -0.447 e. The SMILES string of the molecule is O=C1OCCN1c1ccc2c(-c3nc(NC4CCCNC4)ncc3C(F)(F)F)c[nH]c2c1Br. The molecule has 8 nitrogen and oxygen atoms in total. The minimum atomic E-state index is -4.62. The van der Waals surface area contributed by atoms with E-state index >= 15 is 0 Å². The molecule has 0 aliphatic carbocycles. The van der Waals surface area contributed by atoms with Crippen molar-refractivity contribution >= 4 is 44.6 Å². The van der Waals surface area contributed by atoms with Crippen LogP contribution >= 0.6 is 15.9 Å². The maximum atomic E-state index is 13.8. The Morgan fingerprint density at radius 1 is 1.30 bits per heavy atom. The van der Waals surface area contributed by atoms with Crippen LogP contribution in [-0.2, 0) is 10.9 Å². The number of nitrogens with one attached hydrogen (secondary N) is 3. The number of halogens is 4. The van der Waals surface area contributed by atoms with Crippen molar-refractivity contribution in [2.75, 3.05) is 36.5 Å². The van der Waals surface area contributed by atoms with Crippen LogP contribution in [0.2, 0.25) is 0 Å². The van der Waals surface area contributed by atoms with Crippen molar-refractivity contribution < 1.29 is 22.7 Å². The molecule has 3 N–H and O–H groups in total. The van der Waals surface area contributed by atoms with Crippen molar-refractivity contribution in [2.24, 2.45) is 0 Å². The van der Waals surface area contributed by atoms with Gasteiger partial charge in [-0.25, -0.2) is 14.8 Å². The van der Waals surface area contributed by atoms with Gasteiger partial charge < -0.3 is 20.4 Å². The predicted octanol–water partition coefficient (Wildman–Crippen LogP) is 4.53. The maximum absolute atomic E-state index is 13.8. The largest absolute Gasteiger partial charge is 0.447 e. The third-order valence-electron chi connectivity index (χ3n) is 5.80. The molecule has 12 heteroatoms. The van der Waals surface area contributed by atoms with Crippen LogP contribution in [0, 0.1) is 0 Å². The lowest BCUT2D eigenvalue weighted by atomic mass is 10.0. The van der Waals surface area contributed by atoms with E-state index in [9.17, 15) is 18.0 Å². The Bertz CT molecular complexity index is 1210. The number of rotatable bonds is 4. The topological polar surface area (TPSA) is 95.2 Å². The molecule has 1 amide bonds. The van der Waals surface area contributed by atoms with Gasteiger partial charge in [-0.3, -0.25) is 4.90 Å². The van der Waals surface area contributed by atoms with Crippen molar-refractivity contribution in [3.8, 4) is 11.3 Å². The highest BCUT2D eigenvalue weighted by Gasteiger charge is 2.36. The molecular weight excluding hydrogens is 505 g/mol. The zero-order valence-electron chi connectivity index (χ0n) is 17.3. The van der Waals surface area contributed by atoms with Gasteiger partial charge in [0.25, 0.3) is 0 Å². The maximum Gasteiger partial charge on any atom is 0.419 e. The molecule has 5 rings (SSSR count). The van der Waals surface area contributed by atoms with Gasteiger partial charge in [0.05, 0.1) is 27.9 Å². The van der Waals surface area contributed by atoms with Gasteiger partial charge >= 0.3 is 12.3 Å². The van der Waals surface area contributed by atoms with E-state index in [4.69, 9.17) is 4.74 Å². The zero-order valence-corrected chi connectivity index (χ0v) is 18.9. The van der Waals surface area contributed by atoms with Crippen LogP contribution in [0.5, 0.6) is 0 Å². The monoisotopic (exact) mass is 524 g/mol. The van der Waals surface area contributed by atoms with E-state index in [1.165, 1.54) is 11.1 Å². The molecule has 0 radical (unpaired) electrons. The molecule has 2 aliphatic heterocycles. The number of amides is 1. The predicted molar refractivity (Wildman–Crippen MR) is 120 cm³/mol. The first-order chi connectivity index (χ1) is 15.8. The van der Waals surface area contributed by atoms with Crippen LogP contribution in [0.3, 0.4) is 0 Å². The van der Waals surface area contributed by atoms with Gasteiger partial charge in [0.2, 0.25) is 5.95 Å². The fraction of sp³-hybridized carbons (Fsp3) is 0.381. The molecule has 0 spiro atoms. The standard InChI is InChI=1S/C21H20BrF3N6O2/c22-16-15(31-6-7-33-20(31)32)4-3-12-13(9-27-18(12)16)17-14(21(23,24)25)10-28-19(30-17)29-11-2-1-5-26-8-11/h3-4,9-11,26-27H,1-2,5-8H2,(H,28,29,30). The van der Waals surface area contributed by atoms with Gasteiger partial charge in [-0.1, -0.05) is 0 Å². The summed E-state index contributed by atoms with van der Waals surface area (Å²) in [7, 11) is 0. The van der Waals surface area contributed by atoms with Crippen molar-refractivity contribution in [2.45, 2.75) is 25.1 Å². The van der Waals surface area contributed by atoms with Gasteiger partial charge in [0.15, 0.2) is 0 Å². The molecule has 1 unspecified atom stereocenters. The number of aromatic nitrogens is 3. The molecule has 33 heavy (non-hydrogen) atoms. The van der Waals surface area contributed by atoms with Crippen LogP contribution in [0.1, 0.15) is 18.4 Å². The van der Waals surface area contributed by atoms with Gasteiger partial charge in [0.1, 0.15) is 12.2 Å². The number of anilines is 2. The quantitative estimate of drug-likeness (QED) is 0.464. The number of piperidine rings is 1. The summed E-state index contributed by atoms with van der Waals surface area (Å²) < 4.78 is 47.0. The van der Waals surface area contributed by atoms with Crippen LogP contribution in [0.25, 0.3) is 22.2 Å². The zero-order chi connectivity index (χ0) is 23.2. The van der Waals surface area contributed by atoms with Crippen molar-refractivity contribution in [1.82, 2.24) is 20.3 Å². The van der Waals surface area contributed by atoms with Crippen molar-refractivity contribution in [3.05, 3.63) is 34.6 Å². The first kappa shape index (κ1) is 22.0. The first-order valence-corrected chi connectivity index (χ1v) is 11.3. The highest BCUT2D eigenvalue weighted by Crippen LogP contribution is 2.42. The van der Waals surface area contributed by atoms with Crippen LogP contribution in [0.4, 0.5) is 29.6 Å². The van der Waals surface area contributed by atoms with Crippen LogP contribution in [-0.4, -0.2) is 53.3 Å². The fourth-order valence-electron chi connectivity index (χ4n) is 4.19. The average Bonchev–Trinajstić information content (AvgIpc) is 3.41. The van der Waals surface area contributed by atoms with Crippen LogP contribution < -0.4 is 15.5 Å². The van der Waals surface area contributed by atoms with Gasteiger partial charge in [-0.2, -0.15) is 13.2 Å². The van der Waals surface area contributed by atoms with Crippen molar-refractivity contribution in [1.29, 1.82) is 0 Å². The summed E-state index contributed by atoms with van der Waals surface area (Å²) in [5.74, 6) is 0.150. The lowest BCUT2D eigenvalue weighted by molar-refractivity contribution is -0.137. The summed E-state index contributed by atoms with van der Waals surface area (Å²) in [5.41, 5.74) is 0.291. The highest BCUT2D eigenvalue weighted by molar-refractivity contribution is 9.10. The van der Waals surface area contributed by atoms with Crippen molar-refractivity contribution in [3.63, 3.8) is 0 Å². The molecule has 4 heterocycles. The first-order valence-electron chi connectivity index (χ1n) is 10.5. The molecule has 1 aromatic carbocycles. The number of benzene rings is 1. The number of cyclic esters (lactones) is 1. The van der Waals surface area contributed by atoms with E-state index in [1.54, 1.807) is 12.1 Å². The number of fused-ring (bicyclic) bond motifs is 1. The van der Waals surface area contributed by atoms with E-state index in [-0.39, 0.29) is 24.3 Å². The summed E-state index contributed by atoms with van der Waals surface area (Å²) in [6.45, 7) is 2.28. The van der Waals surface area contributed by atoms with Gasteiger partial charge in [-0.05, 0) is 47.4 Å². The molecule has 0 saturated carbocycles. The van der Waals surface area contributed by atoms with E-state index in [0.29, 0.717) is 39.7 Å². The molecule has 0 bridgehead atoms. The van der Waals surface area contributed by atoms with E-state index in [0.717, 1.165) is 25.6 Å². The Labute approximate surface area is 195 Å².